The number of aromatic nitrogens is 1. The van der Waals surface area contributed by atoms with Gasteiger partial charge in [-0.1, -0.05) is 96.2 Å². The number of nitrogens with one attached hydrogen (secondary N) is 1. The van der Waals surface area contributed by atoms with Gasteiger partial charge in [0.1, 0.15) is 12.2 Å². The number of carbonyl (C=O) groups excluding carboxylic acids is 1. The summed E-state index contributed by atoms with van der Waals surface area (Å²) in [5.74, 6) is -0.658. The number of ether oxygens (including phenoxy) is 1. The quantitative estimate of drug-likeness (QED) is 0.115. The average Bonchev–Trinajstić information content (AvgIpc) is 3.39. The van der Waals surface area contributed by atoms with Crippen molar-refractivity contribution in [3.05, 3.63) is 119 Å². The van der Waals surface area contributed by atoms with Gasteiger partial charge >= 0.3 is 5.97 Å². The van der Waals surface area contributed by atoms with E-state index in [1.54, 1.807) is 12.3 Å². The number of oxime groups is 1. The average molecular weight is 504 g/mol. The standard InChI is InChI=1S/C28H26FN3O3S/c1-2-34-26(33)19-30-35-25(18-29)24-20-36-27(31-24)32-28(21-12-6-3-7-13-21,22-14-8-4-9-15-22)23-16-10-5-11-17-23/h3-17,19-20,25H,2,18H2,1H3,(H,31,32)/b30-19+. The van der Waals surface area contributed by atoms with E-state index in [9.17, 15) is 9.18 Å². The fraction of sp³-hybridized carbons (Fsp3) is 0.179. The van der Waals surface area contributed by atoms with Gasteiger partial charge in [-0.2, -0.15) is 0 Å². The van der Waals surface area contributed by atoms with Crippen molar-refractivity contribution in [1.82, 2.24) is 4.98 Å². The van der Waals surface area contributed by atoms with Gasteiger partial charge in [0.05, 0.1) is 12.3 Å². The molecule has 0 aliphatic heterocycles. The Morgan fingerprint density at radius 1 is 1.00 bits per heavy atom. The molecule has 184 valence electrons. The first-order chi connectivity index (χ1) is 17.7. The number of alkyl halides is 1. The summed E-state index contributed by atoms with van der Waals surface area (Å²) in [4.78, 5) is 21.3. The molecule has 3 aromatic carbocycles. The summed E-state index contributed by atoms with van der Waals surface area (Å²) in [6.07, 6.45) is -0.176. The minimum atomic E-state index is -1.05. The van der Waals surface area contributed by atoms with Gasteiger partial charge < -0.3 is 14.9 Å². The van der Waals surface area contributed by atoms with Crippen LogP contribution in [0.5, 0.6) is 0 Å². The van der Waals surface area contributed by atoms with Gasteiger partial charge in [-0.15, -0.1) is 11.3 Å². The molecule has 1 N–H and O–H groups in total. The Balaban J connectivity index is 1.71. The molecule has 1 aromatic heterocycles. The van der Waals surface area contributed by atoms with Crippen molar-refractivity contribution in [2.75, 3.05) is 18.6 Å². The second-order valence-electron chi connectivity index (χ2n) is 7.79. The number of benzene rings is 3. The molecule has 1 atom stereocenters. The molecule has 0 saturated heterocycles. The van der Waals surface area contributed by atoms with Crippen LogP contribution in [-0.4, -0.2) is 30.4 Å². The minimum absolute atomic E-state index is 0.213. The first-order valence-corrected chi connectivity index (χ1v) is 12.4. The summed E-state index contributed by atoms with van der Waals surface area (Å²) >= 11 is 1.34. The summed E-state index contributed by atoms with van der Waals surface area (Å²) in [6, 6.07) is 30.3. The normalized spacial score (nSPS) is 12.3. The van der Waals surface area contributed by atoms with Crippen molar-refractivity contribution in [2.24, 2.45) is 5.16 Å². The van der Waals surface area contributed by atoms with E-state index in [1.165, 1.54) is 11.3 Å². The van der Waals surface area contributed by atoms with Crippen LogP contribution in [0, 0.1) is 0 Å². The van der Waals surface area contributed by atoms with E-state index >= 15 is 0 Å². The Morgan fingerprint density at radius 3 is 2.00 bits per heavy atom. The number of thiazole rings is 1. The monoisotopic (exact) mass is 503 g/mol. The lowest BCUT2D eigenvalue weighted by atomic mass is 9.77. The summed E-state index contributed by atoms with van der Waals surface area (Å²) in [5, 5.41) is 9.52. The maximum Gasteiger partial charge on any atom is 0.352 e. The van der Waals surface area contributed by atoms with Crippen LogP contribution in [0.2, 0.25) is 0 Å². The molecule has 0 amide bonds. The van der Waals surface area contributed by atoms with E-state index in [2.05, 4.69) is 51.9 Å². The van der Waals surface area contributed by atoms with Gasteiger partial charge in [-0.25, -0.2) is 14.2 Å². The Kier molecular flexibility index (Phi) is 8.41. The number of hydrogen-bond acceptors (Lipinski definition) is 7. The predicted octanol–water partition coefficient (Wildman–Crippen LogP) is 6.12. The van der Waals surface area contributed by atoms with Crippen LogP contribution in [0.3, 0.4) is 0 Å². The van der Waals surface area contributed by atoms with Crippen LogP contribution in [0.4, 0.5) is 9.52 Å². The first kappa shape index (κ1) is 25.1. The van der Waals surface area contributed by atoms with Crippen molar-refractivity contribution in [3.8, 4) is 0 Å². The van der Waals surface area contributed by atoms with Crippen LogP contribution in [0.1, 0.15) is 35.4 Å². The number of rotatable bonds is 11. The number of nitrogens with zero attached hydrogens (tertiary/aromatic N) is 2. The zero-order valence-electron chi connectivity index (χ0n) is 19.7. The highest BCUT2D eigenvalue weighted by molar-refractivity contribution is 7.13. The molecular weight excluding hydrogens is 477 g/mol. The Morgan fingerprint density at radius 2 is 1.53 bits per heavy atom. The smallest absolute Gasteiger partial charge is 0.352 e. The van der Waals surface area contributed by atoms with E-state index < -0.39 is 24.3 Å². The number of carbonyl (C=O) groups is 1. The van der Waals surface area contributed by atoms with E-state index in [1.807, 2.05) is 54.6 Å². The summed E-state index contributed by atoms with van der Waals surface area (Å²) in [5.41, 5.74) is 2.69. The molecule has 0 radical (unpaired) electrons. The molecule has 0 aliphatic carbocycles. The van der Waals surface area contributed by atoms with Gasteiger partial charge in [-0.3, -0.25) is 0 Å². The van der Waals surface area contributed by atoms with Gasteiger partial charge in [0.2, 0.25) is 0 Å². The van der Waals surface area contributed by atoms with Crippen molar-refractivity contribution >= 4 is 28.7 Å². The zero-order chi connectivity index (χ0) is 25.2. The summed E-state index contributed by atoms with van der Waals surface area (Å²) < 4.78 is 18.5. The predicted molar refractivity (Wildman–Crippen MR) is 140 cm³/mol. The second kappa shape index (κ2) is 12.1. The molecule has 0 bridgehead atoms. The Hall–Kier alpha value is -4.04. The SMILES string of the molecule is CCOC(=O)/C=N/OC(CF)c1csc(NC(c2ccccc2)(c2ccccc2)c2ccccc2)n1. The number of hydrogen-bond donors (Lipinski definition) is 1. The first-order valence-electron chi connectivity index (χ1n) is 11.5. The third-order valence-corrected chi connectivity index (χ3v) is 6.32. The van der Waals surface area contributed by atoms with E-state index in [4.69, 9.17) is 9.57 Å². The lowest BCUT2D eigenvalue weighted by Gasteiger charge is -2.36. The molecule has 4 rings (SSSR count). The molecule has 6 nitrogen and oxygen atoms in total. The topological polar surface area (TPSA) is 72.8 Å². The number of anilines is 1. The molecule has 36 heavy (non-hydrogen) atoms. The molecule has 4 aromatic rings. The van der Waals surface area contributed by atoms with Gasteiger partial charge in [0, 0.05) is 5.38 Å². The van der Waals surface area contributed by atoms with Crippen molar-refractivity contribution in [2.45, 2.75) is 18.6 Å². The van der Waals surface area contributed by atoms with E-state index in [0.29, 0.717) is 10.8 Å². The summed E-state index contributed by atoms with van der Waals surface area (Å²) in [7, 11) is 0. The number of halogens is 1. The molecule has 8 heteroatoms. The van der Waals surface area contributed by atoms with Crippen molar-refractivity contribution < 1.29 is 18.8 Å². The molecule has 1 unspecified atom stereocenters. The fourth-order valence-corrected chi connectivity index (χ4v) is 4.73. The van der Waals surface area contributed by atoms with Gasteiger partial charge in [0.15, 0.2) is 17.5 Å². The van der Waals surface area contributed by atoms with Crippen LogP contribution in [0.15, 0.2) is 102 Å². The van der Waals surface area contributed by atoms with Crippen molar-refractivity contribution in [3.63, 3.8) is 0 Å². The molecule has 0 fully saturated rings. The van der Waals surface area contributed by atoms with Gasteiger partial charge in [0.25, 0.3) is 0 Å². The molecule has 0 saturated carbocycles. The van der Waals surface area contributed by atoms with Crippen molar-refractivity contribution in [1.29, 1.82) is 0 Å². The molecule has 1 heterocycles. The fourth-order valence-electron chi connectivity index (χ4n) is 3.92. The third kappa shape index (κ3) is 5.60. The Bertz CT molecular complexity index is 1170. The largest absolute Gasteiger partial charge is 0.462 e. The van der Waals surface area contributed by atoms with Gasteiger partial charge in [-0.05, 0) is 23.6 Å². The van der Waals surface area contributed by atoms with E-state index in [-0.39, 0.29) is 6.61 Å². The summed E-state index contributed by atoms with van der Waals surface area (Å²) in [6.45, 7) is 1.04. The highest BCUT2D eigenvalue weighted by Crippen LogP contribution is 2.41. The zero-order valence-corrected chi connectivity index (χ0v) is 20.5. The number of esters is 1. The highest BCUT2D eigenvalue weighted by atomic mass is 32.1. The molecule has 0 spiro atoms. The highest BCUT2D eigenvalue weighted by Gasteiger charge is 2.37. The van der Waals surface area contributed by atoms with Crippen LogP contribution < -0.4 is 5.32 Å². The lowest BCUT2D eigenvalue weighted by Crippen LogP contribution is -2.38. The van der Waals surface area contributed by atoms with Crippen LogP contribution in [0.25, 0.3) is 0 Å². The molecular formula is C28H26FN3O3S. The van der Waals surface area contributed by atoms with Crippen LogP contribution in [-0.2, 0) is 19.9 Å². The maximum atomic E-state index is 13.8. The maximum absolute atomic E-state index is 13.8. The minimum Gasteiger partial charge on any atom is -0.462 e. The van der Waals surface area contributed by atoms with Crippen LogP contribution >= 0.6 is 11.3 Å². The Labute approximate surface area is 213 Å². The lowest BCUT2D eigenvalue weighted by molar-refractivity contribution is -0.134. The molecule has 0 aliphatic rings. The third-order valence-electron chi connectivity index (χ3n) is 5.54. The van der Waals surface area contributed by atoms with E-state index in [0.717, 1.165) is 22.9 Å². The second-order valence-corrected chi connectivity index (χ2v) is 8.64.